The number of fused-ring (bicyclic) bond motifs is 1. The zero-order valence-corrected chi connectivity index (χ0v) is 12.1. The minimum Gasteiger partial charge on any atom is -0.255 e. The Morgan fingerprint density at radius 2 is 2.00 bits per heavy atom. The van der Waals surface area contributed by atoms with Crippen molar-refractivity contribution in [3.63, 3.8) is 0 Å². The summed E-state index contributed by atoms with van der Waals surface area (Å²) in [6, 6.07) is 14.9. The number of nitrogens with zero attached hydrogens (tertiary/aromatic N) is 1. The summed E-state index contributed by atoms with van der Waals surface area (Å²) in [5, 5.41) is 1.28. The molecule has 0 saturated carbocycles. The van der Waals surface area contributed by atoms with Gasteiger partial charge in [0.1, 0.15) is 12.2 Å². The van der Waals surface area contributed by atoms with Crippen LogP contribution in [0.3, 0.4) is 0 Å². The van der Waals surface area contributed by atoms with Crippen LogP contribution in [0.4, 0.5) is 0 Å². The van der Waals surface area contributed by atoms with Crippen molar-refractivity contribution in [3.05, 3.63) is 84.6 Å². The maximum Gasteiger partial charge on any atom is 0.103 e. The molecule has 21 heavy (non-hydrogen) atoms. The van der Waals surface area contributed by atoms with Crippen molar-refractivity contribution >= 4 is 27.0 Å². The zero-order valence-electron chi connectivity index (χ0n) is 11.3. The molecule has 0 spiro atoms. The normalized spacial score (nSPS) is 13.2. The predicted octanol–water partition coefficient (Wildman–Crippen LogP) is 5.28. The Bertz CT molecular complexity index is 846. The van der Waals surface area contributed by atoms with Crippen molar-refractivity contribution in [1.82, 2.24) is 4.98 Å². The molecule has 1 nitrogen and oxygen atoms in total. The number of thiophene rings is 1. The van der Waals surface area contributed by atoms with E-state index in [1.54, 1.807) is 11.3 Å². The molecule has 0 radical (unpaired) electrons. The van der Waals surface area contributed by atoms with E-state index < -0.39 is 0 Å². The minimum absolute atomic E-state index is 1.03. The molecule has 0 atom stereocenters. The second kappa shape index (κ2) is 5.10. The van der Waals surface area contributed by atoms with E-state index >= 15 is 0 Å². The van der Waals surface area contributed by atoms with Gasteiger partial charge in [0.25, 0.3) is 0 Å². The summed E-state index contributed by atoms with van der Waals surface area (Å²) in [6.07, 6.45) is 12.9. The number of hydrogen-bond donors (Lipinski definition) is 0. The van der Waals surface area contributed by atoms with E-state index in [1.807, 2.05) is 18.3 Å². The number of aromatic nitrogens is 1. The lowest BCUT2D eigenvalue weighted by Gasteiger charge is -2.00. The summed E-state index contributed by atoms with van der Waals surface area (Å²) < 4.78 is 1.30. The van der Waals surface area contributed by atoms with Gasteiger partial charge in [0.15, 0.2) is 0 Å². The van der Waals surface area contributed by atoms with Gasteiger partial charge in [-0.05, 0) is 29.7 Å². The van der Waals surface area contributed by atoms with Crippen molar-refractivity contribution in [3.8, 4) is 10.6 Å². The summed E-state index contributed by atoms with van der Waals surface area (Å²) in [6.45, 7) is 0. The van der Waals surface area contributed by atoms with Crippen LogP contribution in [0, 0.1) is 6.08 Å². The standard InChI is InChI=1S/C19H12NS/c1-2-6-14(7-3-1)16-10-11-17(20-13-16)19-12-15-8-4-5-9-18(15)21-19/h2-13H/q+1. The molecule has 1 aromatic carbocycles. The lowest BCUT2D eigenvalue weighted by molar-refractivity contribution is 1.32. The first kappa shape index (κ1) is 12.2. The van der Waals surface area contributed by atoms with Crippen molar-refractivity contribution in [1.29, 1.82) is 0 Å². The van der Waals surface area contributed by atoms with Gasteiger partial charge < -0.3 is 0 Å². The third-order valence-electron chi connectivity index (χ3n) is 3.49. The molecule has 1 aliphatic carbocycles. The van der Waals surface area contributed by atoms with E-state index in [1.165, 1.54) is 20.5 Å². The molecular weight excluding hydrogens is 274 g/mol. The fourth-order valence-corrected chi connectivity index (χ4v) is 3.44. The summed E-state index contributed by atoms with van der Waals surface area (Å²) in [7, 11) is 0. The van der Waals surface area contributed by atoms with E-state index in [-0.39, 0.29) is 0 Å². The summed E-state index contributed by atoms with van der Waals surface area (Å²) in [5.41, 5.74) is 3.33. The number of hydrogen-bond acceptors (Lipinski definition) is 2. The molecule has 0 aliphatic heterocycles. The molecule has 98 valence electrons. The lowest BCUT2D eigenvalue weighted by atomic mass is 10.0. The number of benzene rings is 1. The number of rotatable bonds is 2. The Kier molecular flexibility index (Phi) is 2.97. The monoisotopic (exact) mass is 286 g/mol. The Hall–Kier alpha value is -2.54. The zero-order chi connectivity index (χ0) is 14.1. The number of allylic oxidation sites excluding steroid dienone is 6. The van der Waals surface area contributed by atoms with Crippen LogP contribution >= 0.6 is 11.3 Å². The summed E-state index contributed by atoms with van der Waals surface area (Å²) in [4.78, 5) is 5.83. The fourth-order valence-electron chi connectivity index (χ4n) is 2.40. The third-order valence-corrected chi connectivity index (χ3v) is 4.63. The summed E-state index contributed by atoms with van der Waals surface area (Å²) in [5.74, 6) is 0. The van der Waals surface area contributed by atoms with Crippen LogP contribution in [-0.2, 0) is 0 Å². The molecule has 0 bridgehead atoms. The second-order valence-corrected chi connectivity index (χ2v) is 5.95. The van der Waals surface area contributed by atoms with Crippen molar-refractivity contribution in [2.45, 2.75) is 0 Å². The van der Waals surface area contributed by atoms with Crippen LogP contribution in [0.1, 0.15) is 5.56 Å². The summed E-state index contributed by atoms with van der Waals surface area (Å²) >= 11 is 1.78. The first-order valence-corrected chi connectivity index (χ1v) is 7.63. The molecule has 0 amide bonds. The molecule has 0 unspecified atom stereocenters. The van der Waals surface area contributed by atoms with Gasteiger partial charge in [0, 0.05) is 22.5 Å². The highest BCUT2D eigenvalue weighted by molar-refractivity contribution is 7.22. The smallest absolute Gasteiger partial charge is 0.103 e. The van der Waals surface area contributed by atoms with Crippen molar-refractivity contribution < 1.29 is 0 Å². The van der Waals surface area contributed by atoms with Gasteiger partial charge in [-0.25, -0.2) is 0 Å². The predicted molar refractivity (Wildman–Crippen MR) is 90.0 cm³/mol. The second-order valence-electron chi connectivity index (χ2n) is 4.87. The molecule has 0 N–H and O–H groups in total. The van der Waals surface area contributed by atoms with Gasteiger partial charge in [-0.3, -0.25) is 4.98 Å². The molecule has 2 heteroatoms. The lowest BCUT2D eigenvalue weighted by Crippen LogP contribution is -1.86. The van der Waals surface area contributed by atoms with E-state index in [4.69, 9.17) is 0 Å². The van der Waals surface area contributed by atoms with E-state index in [9.17, 15) is 0 Å². The fraction of sp³-hybridized carbons (Fsp3) is 0. The van der Waals surface area contributed by atoms with E-state index in [0.29, 0.717) is 0 Å². The maximum atomic E-state index is 4.62. The Morgan fingerprint density at radius 1 is 1.05 bits per heavy atom. The molecule has 2 aromatic heterocycles. The van der Waals surface area contributed by atoms with Gasteiger partial charge in [-0.15, -0.1) is 11.3 Å². The van der Waals surface area contributed by atoms with E-state index in [2.05, 4.69) is 65.7 Å². The average molecular weight is 286 g/mol. The first-order valence-electron chi connectivity index (χ1n) is 6.82. The molecule has 0 saturated heterocycles. The Labute approximate surface area is 127 Å². The molecular formula is C19H12NS+. The molecule has 0 fully saturated rings. The maximum absolute atomic E-state index is 4.62. The van der Waals surface area contributed by atoms with Gasteiger partial charge in [-0.2, -0.15) is 0 Å². The highest BCUT2D eigenvalue weighted by Gasteiger charge is 2.09. The highest BCUT2D eigenvalue weighted by Crippen LogP contribution is 2.32. The Balaban J connectivity index is 1.71. The SMILES string of the molecule is [C+]1=CC=C(c2ccc(-c3cc4ccccc4s3)nc2)C=C1. The Morgan fingerprint density at radius 3 is 2.76 bits per heavy atom. The van der Waals surface area contributed by atoms with Crippen LogP contribution in [0.15, 0.2) is 73.0 Å². The average Bonchev–Trinajstić information content (AvgIpc) is 3.00. The molecule has 3 aromatic rings. The highest BCUT2D eigenvalue weighted by atomic mass is 32.1. The van der Waals surface area contributed by atoms with Gasteiger partial charge in [0.05, 0.1) is 28.3 Å². The molecule has 1 aliphatic rings. The third kappa shape index (κ3) is 2.31. The van der Waals surface area contributed by atoms with E-state index in [0.717, 1.165) is 11.3 Å². The largest absolute Gasteiger partial charge is 0.255 e. The van der Waals surface area contributed by atoms with Crippen LogP contribution < -0.4 is 0 Å². The number of pyridine rings is 1. The van der Waals surface area contributed by atoms with Gasteiger partial charge >= 0.3 is 0 Å². The van der Waals surface area contributed by atoms with Crippen LogP contribution in [0.5, 0.6) is 0 Å². The topological polar surface area (TPSA) is 12.9 Å². The van der Waals surface area contributed by atoms with Crippen LogP contribution in [0.25, 0.3) is 26.2 Å². The van der Waals surface area contributed by atoms with Crippen LogP contribution in [-0.4, -0.2) is 4.98 Å². The van der Waals surface area contributed by atoms with Gasteiger partial charge in [-0.1, -0.05) is 18.2 Å². The minimum atomic E-state index is 1.03. The molecule has 4 rings (SSSR count). The molecule has 2 heterocycles. The quantitative estimate of drug-likeness (QED) is 0.584. The van der Waals surface area contributed by atoms with Gasteiger partial charge in [0.2, 0.25) is 0 Å². The van der Waals surface area contributed by atoms with Crippen molar-refractivity contribution in [2.75, 3.05) is 0 Å². The first-order chi connectivity index (χ1) is 10.4. The van der Waals surface area contributed by atoms with Crippen LogP contribution in [0.2, 0.25) is 0 Å². The van der Waals surface area contributed by atoms with Crippen molar-refractivity contribution in [2.24, 2.45) is 0 Å².